The van der Waals surface area contributed by atoms with Crippen LogP contribution in [0.1, 0.15) is 290 Å². The van der Waals surface area contributed by atoms with Gasteiger partial charge in [0, 0.05) is 19.3 Å². The standard InChI is InChI=1S/C77H124O6/c1-4-7-10-13-16-19-22-25-28-31-33-35-37-38-40-41-43-46-49-52-55-58-61-64-67-70-76(79)82-73-74(72-81-75(78)69-66-63-60-57-54-51-48-45-30-27-24-21-18-15-12-9-6-3)83-77(80)71-68-65-62-59-56-53-50-47-44-42-39-36-34-32-29-26-23-20-17-14-11-8-5-2/h7-12,16-21,25-30,33-36,38,40,43,46,74H,4-6,13-15,22-24,31-32,37,39,41-42,44-45,47-73H2,1-3H3/b10-7-,11-8-,12-9-,19-16-,20-17-,21-18-,28-25-,29-26-,30-27-,35-33-,36-34-,40-38-,46-43-. The number of unbranched alkanes of at least 4 members (excludes halogenated alkanes) is 23. The van der Waals surface area contributed by atoms with Gasteiger partial charge in [-0.2, -0.15) is 0 Å². The number of ether oxygens (including phenoxy) is 3. The van der Waals surface area contributed by atoms with Crippen LogP contribution in [-0.2, 0) is 28.6 Å². The monoisotopic (exact) mass is 1140 g/mol. The minimum Gasteiger partial charge on any atom is -0.462 e. The van der Waals surface area contributed by atoms with Gasteiger partial charge in [-0.15, -0.1) is 0 Å². The Kier molecular flexibility index (Phi) is 65.4. The predicted molar refractivity (Wildman–Crippen MR) is 362 cm³/mol. The summed E-state index contributed by atoms with van der Waals surface area (Å²) in [7, 11) is 0. The molecular formula is C77H124O6. The lowest BCUT2D eigenvalue weighted by atomic mass is 10.0. The van der Waals surface area contributed by atoms with Crippen molar-refractivity contribution in [1.82, 2.24) is 0 Å². The fourth-order valence-corrected chi connectivity index (χ4v) is 9.04. The van der Waals surface area contributed by atoms with E-state index in [0.717, 1.165) is 161 Å². The number of rotatable bonds is 60. The molecule has 0 saturated carbocycles. The fourth-order valence-electron chi connectivity index (χ4n) is 9.04. The Morgan fingerprint density at radius 2 is 0.434 bits per heavy atom. The molecule has 0 saturated heterocycles. The molecule has 0 heterocycles. The molecule has 1 unspecified atom stereocenters. The highest BCUT2D eigenvalue weighted by atomic mass is 16.6. The molecule has 0 rings (SSSR count). The van der Waals surface area contributed by atoms with Gasteiger partial charge in [0.2, 0.25) is 0 Å². The SMILES string of the molecule is CC/C=C\C/C=C\C/C=C\C/C=C\C/C=C\C/C=C\CCCCCCCCC(=O)OCC(COC(=O)CCCCCCCCC/C=C\C/C=C\C/C=C\CC)OC(=O)CCCCCCCCCCCC/C=C\C/C=C\C/C=C\C/C=C\CC. The summed E-state index contributed by atoms with van der Waals surface area (Å²) in [4.78, 5) is 38.5. The lowest BCUT2D eigenvalue weighted by Gasteiger charge is -2.18. The topological polar surface area (TPSA) is 78.9 Å². The minimum atomic E-state index is -0.801. The first-order chi connectivity index (χ1) is 41.0. The lowest BCUT2D eigenvalue weighted by molar-refractivity contribution is -0.167. The molecule has 0 amide bonds. The molecule has 0 aromatic carbocycles. The van der Waals surface area contributed by atoms with E-state index in [1.807, 2.05) is 0 Å². The maximum absolute atomic E-state index is 13.0. The smallest absolute Gasteiger partial charge is 0.306 e. The van der Waals surface area contributed by atoms with Crippen LogP contribution in [0, 0.1) is 0 Å². The quantitative estimate of drug-likeness (QED) is 0.0261. The first-order valence-corrected chi connectivity index (χ1v) is 34.0. The summed E-state index contributed by atoms with van der Waals surface area (Å²) in [6.07, 6.45) is 101. The van der Waals surface area contributed by atoms with Gasteiger partial charge in [0.05, 0.1) is 0 Å². The molecule has 0 aromatic heterocycles. The lowest BCUT2D eigenvalue weighted by Crippen LogP contribution is -2.30. The molecule has 6 nitrogen and oxygen atoms in total. The highest BCUT2D eigenvalue weighted by Gasteiger charge is 2.19. The molecule has 0 fully saturated rings. The first kappa shape index (κ1) is 78.0. The third kappa shape index (κ3) is 67.7. The molecule has 0 spiro atoms. The first-order valence-electron chi connectivity index (χ1n) is 34.0. The summed E-state index contributed by atoms with van der Waals surface area (Å²) in [6, 6.07) is 0. The Morgan fingerprint density at radius 3 is 0.675 bits per heavy atom. The largest absolute Gasteiger partial charge is 0.462 e. The van der Waals surface area contributed by atoms with E-state index < -0.39 is 6.10 Å². The normalized spacial score (nSPS) is 13.1. The van der Waals surface area contributed by atoms with Crippen molar-refractivity contribution in [2.45, 2.75) is 297 Å². The van der Waals surface area contributed by atoms with Gasteiger partial charge in [-0.1, -0.05) is 288 Å². The number of carbonyl (C=O) groups excluding carboxylic acids is 3. The molecule has 0 radical (unpaired) electrons. The third-order valence-corrected chi connectivity index (χ3v) is 14.0. The van der Waals surface area contributed by atoms with Crippen LogP contribution in [0.5, 0.6) is 0 Å². The Labute approximate surface area is 511 Å². The zero-order chi connectivity index (χ0) is 59.9. The molecule has 468 valence electrons. The number of carbonyl (C=O) groups is 3. The Balaban J connectivity index is 4.45. The average Bonchev–Trinajstić information content (AvgIpc) is 3.49. The van der Waals surface area contributed by atoms with E-state index in [-0.39, 0.29) is 31.1 Å². The van der Waals surface area contributed by atoms with Crippen LogP contribution in [0.3, 0.4) is 0 Å². The molecule has 0 aliphatic rings. The molecule has 6 heteroatoms. The van der Waals surface area contributed by atoms with Crippen LogP contribution in [0.2, 0.25) is 0 Å². The maximum Gasteiger partial charge on any atom is 0.306 e. The van der Waals surface area contributed by atoms with Gasteiger partial charge in [-0.3, -0.25) is 14.4 Å². The Morgan fingerprint density at radius 1 is 0.241 bits per heavy atom. The molecular weight excluding hydrogens is 1020 g/mol. The summed E-state index contributed by atoms with van der Waals surface area (Å²) < 4.78 is 17.0. The van der Waals surface area contributed by atoms with Gasteiger partial charge in [0.25, 0.3) is 0 Å². The molecule has 83 heavy (non-hydrogen) atoms. The molecule has 1 atom stereocenters. The Bertz CT molecular complexity index is 1840. The van der Waals surface area contributed by atoms with Crippen LogP contribution < -0.4 is 0 Å². The van der Waals surface area contributed by atoms with E-state index in [0.29, 0.717) is 19.3 Å². The van der Waals surface area contributed by atoms with Crippen molar-refractivity contribution in [1.29, 1.82) is 0 Å². The van der Waals surface area contributed by atoms with Gasteiger partial charge in [-0.25, -0.2) is 0 Å². The minimum absolute atomic E-state index is 0.0953. The molecule has 0 N–H and O–H groups in total. The molecule has 0 aromatic rings. The zero-order valence-corrected chi connectivity index (χ0v) is 53.7. The average molecular weight is 1150 g/mol. The zero-order valence-electron chi connectivity index (χ0n) is 53.7. The third-order valence-electron chi connectivity index (χ3n) is 14.0. The van der Waals surface area contributed by atoms with Crippen LogP contribution in [0.25, 0.3) is 0 Å². The van der Waals surface area contributed by atoms with Crippen molar-refractivity contribution in [2.24, 2.45) is 0 Å². The van der Waals surface area contributed by atoms with E-state index in [2.05, 4.69) is 179 Å². The summed E-state index contributed by atoms with van der Waals surface area (Å²) in [5.74, 6) is -0.921. The molecule has 0 aliphatic carbocycles. The number of hydrogen-bond acceptors (Lipinski definition) is 6. The van der Waals surface area contributed by atoms with Crippen LogP contribution in [0.4, 0.5) is 0 Å². The Hall–Kier alpha value is -4.97. The number of esters is 3. The summed E-state index contributed by atoms with van der Waals surface area (Å²) >= 11 is 0. The van der Waals surface area contributed by atoms with E-state index in [9.17, 15) is 14.4 Å². The van der Waals surface area contributed by atoms with E-state index in [1.165, 1.54) is 89.9 Å². The van der Waals surface area contributed by atoms with E-state index in [1.54, 1.807) is 0 Å². The van der Waals surface area contributed by atoms with Gasteiger partial charge in [-0.05, 0) is 141 Å². The van der Waals surface area contributed by atoms with Crippen LogP contribution >= 0.6 is 0 Å². The van der Waals surface area contributed by atoms with Crippen LogP contribution in [-0.4, -0.2) is 37.2 Å². The number of allylic oxidation sites excluding steroid dienone is 26. The van der Waals surface area contributed by atoms with Gasteiger partial charge >= 0.3 is 17.9 Å². The highest BCUT2D eigenvalue weighted by Crippen LogP contribution is 2.16. The van der Waals surface area contributed by atoms with Crippen molar-refractivity contribution in [3.05, 3.63) is 158 Å². The summed E-state index contributed by atoms with van der Waals surface area (Å²) in [6.45, 7) is 6.29. The van der Waals surface area contributed by atoms with Crippen molar-refractivity contribution in [3.63, 3.8) is 0 Å². The molecule has 0 bridgehead atoms. The van der Waals surface area contributed by atoms with Gasteiger partial charge in [0.1, 0.15) is 13.2 Å². The van der Waals surface area contributed by atoms with E-state index in [4.69, 9.17) is 14.2 Å². The highest BCUT2D eigenvalue weighted by molar-refractivity contribution is 5.71. The predicted octanol–water partition coefficient (Wildman–Crippen LogP) is 23.7. The second-order valence-electron chi connectivity index (χ2n) is 21.9. The molecule has 0 aliphatic heterocycles. The van der Waals surface area contributed by atoms with Crippen molar-refractivity contribution >= 4 is 17.9 Å². The summed E-state index contributed by atoms with van der Waals surface area (Å²) in [5.41, 5.74) is 0. The summed E-state index contributed by atoms with van der Waals surface area (Å²) in [5, 5.41) is 0. The van der Waals surface area contributed by atoms with Gasteiger partial charge < -0.3 is 14.2 Å². The van der Waals surface area contributed by atoms with Crippen molar-refractivity contribution < 1.29 is 28.6 Å². The van der Waals surface area contributed by atoms with E-state index >= 15 is 0 Å². The maximum atomic E-state index is 13.0. The van der Waals surface area contributed by atoms with Gasteiger partial charge in [0.15, 0.2) is 6.10 Å². The second kappa shape index (κ2) is 69.5. The fraction of sp³-hybridized carbons (Fsp3) is 0.623. The number of hydrogen-bond donors (Lipinski definition) is 0. The van der Waals surface area contributed by atoms with Crippen LogP contribution in [0.15, 0.2) is 158 Å². The van der Waals surface area contributed by atoms with Crippen molar-refractivity contribution in [3.8, 4) is 0 Å². The van der Waals surface area contributed by atoms with Crippen molar-refractivity contribution in [2.75, 3.05) is 13.2 Å². The second-order valence-corrected chi connectivity index (χ2v) is 21.9.